The largest absolute Gasteiger partial charge is 0.479 e. The molecule has 0 spiro atoms. The van der Waals surface area contributed by atoms with Gasteiger partial charge in [0.1, 0.15) is 5.75 Å². The average Bonchev–Trinajstić information content (AvgIpc) is 2.37. The van der Waals surface area contributed by atoms with Crippen molar-refractivity contribution in [1.29, 1.82) is 0 Å². The third-order valence-electron chi connectivity index (χ3n) is 2.63. The van der Waals surface area contributed by atoms with Crippen LogP contribution in [0.3, 0.4) is 0 Å². The second kappa shape index (κ2) is 5.46. The van der Waals surface area contributed by atoms with E-state index in [-0.39, 0.29) is 11.8 Å². The molecular weight excluding hydrogens is 256 g/mol. The number of amides is 1. The normalized spacial score (nSPS) is 19.5. The topological polar surface area (TPSA) is 70.6 Å². The van der Waals surface area contributed by atoms with E-state index >= 15 is 0 Å². The Labute approximate surface area is 110 Å². The highest BCUT2D eigenvalue weighted by Crippen LogP contribution is 2.32. The summed E-state index contributed by atoms with van der Waals surface area (Å²) in [7, 11) is 0. The van der Waals surface area contributed by atoms with Gasteiger partial charge in [0.05, 0.1) is 17.7 Å². The third-order valence-corrected chi connectivity index (χ3v) is 2.99. The van der Waals surface area contributed by atoms with Crippen LogP contribution >= 0.6 is 11.6 Å². The SMILES string of the molecule is CC1Oc2cc(NCC(O)CCl)ccc2NC1=O. The third kappa shape index (κ3) is 2.86. The summed E-state index contributed by atoms with van der Waals surface area (Å²) in [5.41, 5.74) is 1.46. The predicted molar refractivity (Wildman–Crippen MR) is 70.4 cm³/mol. The lowest BCUT2D eigenvalue weighted by atomic mass is 10.2. The van der Waals surface area contributed by atoms with Crippen molar-refractivity contribution in [2.45, 2.75) is 19.1 Å². The molecule has 0 aromatic heterocycles. The molecule has 1 aromatic rings. The molecule has 1 aromatic carbocycles. The predicted octanol–water partition coefficient (Wildman–Crippen LogP) is 1.42. The summed E-state index contributed by atoms with van der Waals surface area (Å²) >= 11 is 5.51. The number of hydrogen-bond acceptors (Lipinski definition) is 4. The highest BCUT2D eigenvalue weighted by molar-refractivity contribution is 6.18. The first-order valence-corrected chi connectivity index (χ1v) is 6.23. The van der Waals surface area contributed by atoms with Gasteiger partial charge in [0.2, 0.25) is 0 Å². The summed E-state index contributed by atoms with van der Waals surface area (Å²) in [6, 6.07) is 5.35. The molecule has 5 nitrogen and oxygen atoms in total. The second-order valence-corrected chi connectivity index (χ2v) is 4.46. The van der Waals surface area contributed by atoms with Crippen molar-refractivity contribution in [3.05, 3.63) is 18.2 Å². The van der Waals surface area contributed by atoms with Crippen LogP contribution in [-0.4, -0.2) is 35.6 Å². The van der Waals surface area contributed by atoms with Crippen molar-refractivity contribution >= 4 is 28.9 Å². The van der Waals surface area contributed by atoms with E-state index in [1.165, 1.54) is 0 Å². The fourth-order valence-corrected chi connectivity index (χ4v) is 1.71. The summed E-state index contributed by atoms with van der Waals surface area (Å²) in [6.07, 6.45) is -1.09. The molecule has 0 bridgehead atoms. The molecule has 2 unspecified atom stereocenters. The minimum atomic E-state index is -0.595. The van der Waals surface area contributed by atoms with Gasteiger partial charge in [-0.1, -0.05) is 0 Å². The molecule has 6 heteroatoms. The summed E-state index contributed by atoms with van der Waals surface area (Å²) in [5, 5.41) is 15.1. The van der Waals surface area contributed by atoms with Crippen molar-refractivity contribution in [3.8, 4) is 5.75 Å². The van der Waals surface area contributed by atoms with E-state index in [9.17, 15) is 9.90 Å². The number of anilines is 2. The Morgan fingerprint density at radius 2 is 2.39 bits per heavy atom. The van der Waals surface area contributed by atoms with E-state index in [1.807, 2.05) is 0 Å². The summed E-state index contributed by atoms with van der Waals surface area (Å²) in [5.74, 6) is 0.648. The smallest absolute Gasteiger partial charge is 0.265 e. The fourth-order valence-electron chi connectivity index (χ4n) is 1.60. The van der Waals surface area contributed by atoms with Crippen LogP contribution in [0.1, 0.15) is 6.92 Å². The van der Waals surface area contributed by atoms with Crippen LogP contribution in [0.4, 0.5) is 11.4 Å². The van der Waals surface area contributed by atoms with Gasteiger partial charge in [0, 0.05) is 18.3 Å². The number of rotatable bonds is 4. The van der Waals surface area contributed by atoms with Crippen molar-refractivity contribution < 1.29 is 14.6 Å². The Balaban J connectivity index is 2.08. The van der Waals surface area contributed by atoms with E-state index in [4.69, 9.17) is 16.3 Å². The molecule has 2 atom stereocenters. The number of nitrogens with one attached hydrogen (secondary N) is 2. The standard InChI is InChI=1S/C12H15ClN2O3/c1-7-12(17)15-10-3-2-8(4-11(10)18-7)14-6-9(16)5-13/h2-4,7,9,14,16H,5-6H2,1H3,(H,15,17). The van der Waals surface area contributed by atoms with Gasteiger partial charge in [0.25, 0.3) is 5.91 Å². The van der Waals surface area contributed by atoms with Gasteiger partial charge >= 0.3 is 0 Å². The molecule has 0 saturated heterocycles. The molecule has 0 aliphatic carbocycles. The number of alkyl halides is 1. The molecule has 98 valence electrons. The molecule has 1 heterocycles. The lowest BCUT2D eigenvalue weighted by molar-refractivity contribution is -0.122. The number of aliphatic hydroxyl groups is 1. The number of carbonyl (C=O) groups is 1. The van der Waals surface area contributed by atoms with Crippen molar-refractivity contribution in [2.24, 2.45) is 0 Å². The molecule has 1 aliphatic rings. The van der Waals surface area contributed by atoms with Gasteiger partial charge in [-0.25, -0.2) is 0 Å². The van der Waals surface area contributed by atoms with Crippen LogP contribution in [-0.2, 0) is 4.79 Å². The van der Waals surface area contributed by atoms with E-state index in [1.54, 1.807) is 25.1 Å². The zero-order valence-electron chi connectivity index (χ0n) is 9.94. The highest BCUT2D eigenvalue weighted by atomic mass is 35.5. The zero-order chi connectivity index (χ0) is 13.1. The summed E-state index contributed by atoms with van der Waals surface area (Å²) < 4.78 is 5.48. The molecule has 1 aliphatic heterocycles. The summed E-state index contributed by atoms with van der Waals surface area (Å²) in [6.45, 7) is 2.06. The Kier molecular flexibility index (Phi) is 3.93. The number of halogens is 1. The number of aliphatic hydroxyl groups excluding tert-OH is 1. The van der Waals surface area contributed by atoms with Gasteiger partial charge in [-0.05, 0) is 19.1 Å². The van der Waals surface area contributed by atoms with Crippen LogP contribution in [0.25, 0.3) is 0 Å². The number of hydrogen-bond donors (Lipinski definition) is 3. The van der Waals surface area contributed by atoms with Crippen molar-refractivity contribution in [3.63, 3.8) is 0 Å². The fraction of sp³-hybridized carbons (Fsp3) is 0.417. The molecular formula is C12H15ClN2O3. The van der Waals surface area contributed by atoms with Gasteiger partial charge in [-0.3, -0.25) is 4.79 Å². The number of fused-ring (bicyclic) bond motifs is 1. The molecule has 0 fully saturated rings. The molecule has 0 radical (unpaired) electrons. The molecule has 1 amide bonds. The molecule has 0 saturated carbocycles. The van der Waals surface area contributed by atoms with Gasteiger partial charge in [-0.15, -0.1) is 11.6 Å². The molecule has 18 heavy (non-hydrogen) atoms. The van der Waals surface area contributed by atoms with E-state index in [2.05, 4.69) is 10.6 Å². The second-order valence-electron chi connectivity index (χ2n) is 4.15. The van der Waals surface area contributed by atoms with Crippen LogP contribution < -0.4 is 15.4 Å². The Hall–Kier alpha value is -1.46. The highest BCUT2D eigenvalue weighted by Gasteiger charge is 2.23. The van der Waals surface area contributed by atoms with Gasteiger partial charge in [0.15, 0.2) is 6.10 Å². The Morgan fingerprint density at radius 3 is 3.11 bits per heavy atom. The van der Waals surface area contributed by atoms with Crippen LogP contribution in [0, 0.1) is 0 Å². The van der Waals surface area contributed by atoms with E-state index in [0.29, 0.717) is 18.0 Å². The average molecular weight is 271 g/mol. The number of benzene rings is 1. The first-order valence-electron chi connectivity index (χ1n) is 5.69. The Morgan fingerprint density at radius 1 is 1.61 bits per heavy atom. The number of carbonyl (C=O) groups excluding carboxylic acids is 1. The lowest BCUT2D eigenvalue weighted by Crippen LogP contribution is -2.34. The van der Waals surface area contributed by atoms with E-state index in [0.717, 1.165) is 5.69 Å². The van der Waals surface area contributed by atoms with Gasteiger partial charge in [-0.2, -0.15) is 0 Å². The maximum Gasteiger partial charge on any atom is 0.265 e. The molecule has 3 N–H and O–H groups in total. The first-order chi connectivity index (χ1) is 8.60. The zero-order valence-corrected chi connectivity index (χ0v) is 10.7. The first kappa shape index (κ1) is 13.0. The minimum absolute atomic E-state index is 0.152. The lowest BCUT2D eigenvalue weighted by Gasteiger charge is -2.24. The van der Waals surface area contributed by atoms with Crippen molar-refractivity contribution in [1.82, 2.24) is 0 Å². The monoisotopic (exact) mass is 270 g/mol. The minimum Gasteiger partial charge on any atom is -0.479 e. The van der Waals surface area contributed by atoms with Crippen LogP contribution in [0.15, 0.2) is 18.2 Å². The van der Waals surface area contributed by atoms with Gasteiger partial charge < -0.3 is 20.5 Å². The number of ether oxygens (including phenoxy) is 1. The molecule has 2 rings (SSSR count). The van der Waals surface area contributed by atoms with Crippen LogP contribution in [0.5, 0.6) is 5.75 Å². The van der Waals surface area contributed by atoms with Crippen molar-refractivity contribution in [2.75, 3.05) is 23.1 Å². The quantitative estimate of drug-likeness (QED) is 0.724. The Bertz CT molecular complexity index is 453. The van der Waals surface area contributed by atoms with E-state index < -0.39 is 12.2 Å². The maximum atomic E-state index is 11.4. The van der Waals surface area contributed by atoms with Crippen LogP contribution in [0.2, 0.25) is 0 Å². The maximum absolute atomic E-state index is 11.4. The summed E-state index contributed by atoms with van der Waals surface area (Å²) in [4.78, 5) is 11.4.